The second kappa shape index (κ2) is 8.19. The fourth-order valence-electron chi connectivity index (χ4n) is 9.25. The molecule has 0 saturated heterocycles. The van der Waals surface area contributed by atoms with Gasteiger partial charge in [0.2, 0.25) is 0 Å². The lowest BCUT2D eigenvalue weighted by Crippen LogP contribution is -2.57. The molecule has 4 aliphatic carbocycles. The number of allylic oxidation sites excluding steroid dienone is 1. The van der Waals surface area contributed by atoms with Crippen molar-refractivity contribution in [1.82, 2.24) is 0 Å². The Morgan fingerprint density at radius 2 is 1.64 bits per heavy atom. The highest BCUT2D eigenvalue weighted by Crippen LogP contribution is 2.69. The smallest absolute Gasteiger partial charge is 0.126 e. The van der Waals surface area contributed by atoms with Gasteiger partial charge < -0.3 is 15.0 Å². The van der Waals surface area contributed by atoms with Crippen LogP contribution in [0.5, 0.6) is 0 Å². The third-order valence-electron chi connectivity index (χ3n) is 12.0. The maximum absolute atomic E-state index is 12.5. The van der Waals surface area contributed by atoms with E-state index in [1.165, 1.54) is 11.9 Å². The molecule has 3 heteroatoms. The first kappa shape index (κ1) is 25.4. The van der Waals surface area contributed by atoms with Gasteiger partial charge in [-0.2, -0.15) is 0 Å². The molecular formula is C30H50O3. The Morgan fingerprint density at radius 1 is 0.939 bits per heavy atom. The fraction of sp³-hybridized carbons (Fsp3) is 0.900. The average molecular weight is 459 g/mol. The molecule has 9 atom stereocenters. The van der Waals surface area contributed by atoms with Crippen molar-refractivity contribution in [2.45, 2.75) is 125 Å². The quantitative estimate of drug-likeness (QED) is 0.364. The van der Waals surface area contributed by atoms with E-state index in [1.807, 2.05) is 0 Å². The van der Waals surface area contributed by atoms with Crippen molar-refractivity contribution in [3.05, 3.63) is 11.6 Å². The summed E-state index contributed by atoms with van der Waals surface area (Å²) in [6.07, 6.45) is 13.0. The Kier molecular flexibility index (Phi) is 6.31. The lowest BCUT2D eigenvalue weighted by atomic mass is 9.41. The number of hydrogen-bond donors (Lipinski definition) is 2. The van der Waals surface area contributed by atoms with Crippen molar-refractivity contribution in [3.63, 3.8) is 0 Å². The molecule has 188 valence electrons. The van der Waals surface area contributed by atoms with Gasteiger partial charge in [-0.3, -0.25) is 0 Å². The SMILES string of the molecule is CC1CC(C)(C)CC[C@]1(C=O)CC[C@]1(C)C[C@H](O)C=C2[C@@]3(C)CCC(O)[C@@H](C)[C@@H]3CC[C@]21C. The molecule has 0 aromatic carbocycles. The number of carbonyl (C=O) groups is 1. The number of hydrogen-bond acceptors (Lipinski definition) is 3. The van der Waals surface area contributed by atoms with E-state index in [0.717, 1.165) is 64.2 Å². The van der Waals surface area contributed by atoms with E-state index in [-0.39, 0.29) is 27.8 Å². The topological polar surface area (TPSA) is 57.5 Å². The van der Waals surface area contributed by atoms with Crippen LogP contribution in [-0.2, 0) is 4.79 Å². The molecule has 0 heterocycles. The first-order valence-corrected chi connectivity index (χ1v) is 13.8. The van der Waals surface area contributed by atoms with E-state index in [0.29, 0.717) is 23.2 Å². The summed E-state index contributed by atoms with van der Waals surface area (Å²) in [6.45, 7) is 16.5. The summed E-state index contributed by atoms with van der Waals surface area (Å²) in [7, 11) is 0. The summed E-state index contributed by atoms with van der Waals surface area (Å²) >= 11 is 0. The number of fused-ring (bicyclic) bond motifs is 3. The van der Waals surface area contributed by atoms with Crippen LogP contribution < -0.4 is 0 Å². The normalized spacial score (nSPS) is 51.8. The lowest BCUT2D eigenvalue weighted by Gasteiger charge is -2.64. The molecule has 2 unspecified atom stereocenters. The zero-order valence-corrected chi connectivity index (χ0v) is 22.4. The first-order valence-electron chi connectivity index (χ1n) is 13.8. The highest BCUT2D eigenvalue weighted by Gasteiger charge is 2.61. The molecule has 33 heavy (non-hydrogen) atoms. The molecule has 0 bridgehead atoms. The Bertz CT molecular complexity index is 800. The summed E-state index contributed by atoms with van der Waals surface area (Å²) < 4.78 is 0. The summed E-state index contributed by atoms with van der Waals surface area (Å²) in [4.78, 5) is 12.5. The Labute approximate surface area is 202 Å². The number of aliphatic hydroxyl groups excluding tert-OH is 2. The minimum absolute atomic E-state index is 0.0214. The van der Waals surface area contributed by atoms with Crippen LogP contribution in [0.1, 0.15) is 113 Å². The second-order valence-electron chi connectivity index (χ2n) is 14.4. The van der Waals surface area contributed by atoms with Crippen LogP contribution in [0.4, 0.5) is 0 Å². The molecule has 3 saturated carbocycles. The van der Waals surface area contributed by atoms with E-state index in [9.17, 15) is 15.0 Å². The summed E-state index contributed by atoms with van der Waals surface area (Å²) in [5.74, 6) is 1.20. The Balaban J connectivity index is 1.63. The van der Waals surface area contributed by atoms with Gasteiger partial charge in [0.1, 0.15) is 6.29 Å². The Morgan fingerprint density at radius 3 is 2.27 bits per heavy atom. The highest BCUT2D eigenvalue weighted by atomic mass is 16.3. The van der Waals surface area contributed by atoms with Gasteiger partial charge in [-0.05, 0) is 104 Å². The molecule has 3 nitrogen and oxygen atoms in total. The van der Waals surface area contributed by atoms with Crippen molar-refractivity contribution >= 4 is 6.29 Å². The molecule has 0 aromatic heterocycles. The van der Waals surface area contributed by atoms with E-state index >= 15 is 0 Å². The number of rotatable bonds is 4. The predicted octanol–water partition coefficient (Wildman–Crippen LogP) is 6.71. The van der Waals surface area contributed by atoms with Crippen molar-refractivity contribution in [2.75, 3.05) is 0 Å². The number of aliphatic hydroxyl groups is 2. The van der Waals surface area contributed by atoms with E-state index < -0.39 is 6.10 Å². The van der Waals surface area contributed by atoms with Crippen molar-refractivity contribution in [3.8, 4) is 0 Å². The highest BCUT2D eigenvalue weighted by molar-refractivity contribution is 5.60. The molecule has 0 aliphatic heterocycles. The third kappa shape index (κ3) is 3.88. The third-order valence-corrected chi connectivity index (χ3v) is 12.0. The zero-order chi connectivity index (χ0) is 24.4. The molecule has 0 spiro atoms. The van der Waals surface area contributed by atoms with Gasteiger partial charge >= 0.3 is 0 Å². The van der Waals surface area contributed by atoms with Gasteiger partial charge in [-0.15, -0.1) is 0 Å². The summed E-state index contributed by atoms with van der Waals surface area (Å²) in [5.41, 5.74) is 1.65. The van der Waals surface area contributed by atoms with Gasteiger partial charge in [-0.1, -0.05) is 60.1 Å². The van der Waals surface area contributed by atoms with E-state index in [1.54, 1.807) is 0 Å². The standard InChI is InChI=1S/C30H50O3/c1-20-17-26(3,4)12-14-30(20,19-31)15-13-27(5)18-22(32)16-25-28(6)10-9-24(33)21(2)23(28)8-11-29(25,27)7/h16,19-24,32-33H,8-15,17-18H2,1-7H3/t20?,21-,22+,23-,24?,27+,28-,29+,30+/m0/s1. The minimum atomic E-state index is -0.411. The van der Waals surface area contributed by atoms with Crippen LogP contribution in [-0.4, -0.2) is 28.7 Å². The number of aldehydes is 1. The van der Waals surface area contributed by atoms with Crippen LogP contribution in [0, 0.1) is 44.8 Å². The molecule has 3 fully saturated rings. The zero-order valence-electron chi connectivity index (χ0n) is 22.4. The van der Waals surface area contributed by atoms with Crippen molar-refractivity contribution in [1.29, 1.82) is 0 Å². The first-order chi connectivity index (χ1) is 15.2. The molecule has 4 rings (SSSR count). The predicted molar refractivity (Wildman–Crippen MR) is 135 cm³/mol. The molecule has 4 aliphatic rings. The van der Waals surface area contributed by atoms with Crippen LogP contribution in [0.3, 0.4) is 0 Å². The fourth-order valence-corrected chi connectivity index (χ4v) is 9.25. The average Bonchev–Trinajstić information content (AvgIpc) is 2.72. The van der Waals surface area contributed by atoms with Crippen molar-refractivity contribution in [2.24, 2.45) is 44.8 Å². The van der Waals surface area contributed by atoms with E-state index in [2.05, 4.69) is 54.5 Å². The Hall–Kier alpha value is -0.670. The maximum atomic E-state index is 12.5. The molecule has 0 amide bonds. The lowest BCUT2D eigenvalue weighted by molar-refractivity contribution is -0.126. The van der Waals surface area contributed by atoms with E-state index in [4.69, 9.17) is 0 Å². The van der Waals surface area contributed by atoms with Gasteiger partial charge in [-0.25, -0.2) is 0 Å². The van der Waals surface area contributed by atoms with Gasteiger partial charge in [0.15, 0.2) is 0 Å². The maximum Gasteiger partial charge on any atom is 0.126 e. The monoisotopic (exact) mass is 458 g/mol. The van der Waals surface area contributed by atoms with Gasteiger partial charge in [0.05, 0.1) is 12.2 Å². The van der Waals surface area contributed by atoms with Crippen LogP contribution in [0.2, 0.25) is 0 Å². The second-order valence-corrected chi connectivity index (χ2v) is 14.4. The molecule has 2 N–H and O–H groups in total. The van der Waals surface area contributed by atoms with Crippen LogP contribution >= 0.6 is 0 Å². The largest absolute Gasteiger partial charge is 0.393 e. The van der Waals surface area contributed by atoms with Gasteiger partial charge in [0.25, 0.3) is 0 Å². The molecule has 0 aromatic rings. The molecular weight excluding hydrogens is 408 g/mol. The van der Waals surface area contributed by atoms with Crippen LogP contribution in [0.25, 0.3) is 0 Å². The van der Waals surface area contributed by atoms with Gasteiger partial charge in [0, 0.05) is 5.41 Å². The minimum Gasteiger partial charge on any atom is -0.393 e. The van der Waals surface area contributed by atoms with Crippen LogP contribution in [0.15, 0.2) is 11.6 Å². The molecule has 0 radical (unpaired) electrons. The van der Waals surface area contributed by atoms with Crippen molar-refractivity contribution < 1.29 is 15.0 Å². The summed E-state index contributed by atoms with van der Waals surface area (Å²) in [6, 6.07) is 0. The number of carbonyl (C=O) groups excluding carboxylic acids is 1. The summed E-state index contributed by atoms with van der Waals surface area (Å²) in [5, 5.41) is 21.7.